The number of nitrogens with zero attached hydrogens (tertiary/aromatic N) is 1. The van der Waals surface area contributed by atoms with Crippen LogP contribution in [0.5, 0.6) is 5.75 Å². The molecule has 0 aliphatic carbocycles. The molecule has 0 heterocycles. The molecule has 0 atom stereocenters. The van der Waals surface area contributed by atoms with Crippen molar-refractivity contribution >= 4 is 0 Å². The zero-order valence-corrected chi connectivity index (χ0v) is 10.2. The van der Waals surface area contributed by atoms with E-state index < -0.39 is 0 Å². The van der Waals surface area contributed by atoms with Crippen molar-refractivity contribution in [1.82, 2.24) is 4.90 Å². The summed E-state index contributed by atoms with van der Waals surface area (Å²) in [6.07, 6.45) is 0. The van der Waals surface area contributed by atoms with Crippen molar-refractivity contribution in [3.05, 3.63) is 30.3 Å². The first-order chi connectivity index (χ1) is 7.86. The summed E-state index contributed by atoms with van der Waals surface area (Å²) in [7, 11) is 1.73. The van der Waals surface area contributed by atoms with E-state index in [0.717, 1.165) is 38.6 Å². The zero-order chi connectivity index (χ0) is 11.6. The van der Waals surface area contributed by atoms with Gasteiger partial charge in [0.15, 0.2) is 0 Å². The van der Waals surface area contributed by atoms with Crippen LogP contribution < -0.4 is 4.74 Å². The fraction of sp³-hybridized carbons (Fsp3) is 0.538. The Bertz CT molecular complexity index is 264. The maximum Gasteiger partial charge on any atom is 0.119 e. The number of para-hydroxylation sites is 1. The van der Waals surface area contributed by atoms with Gasteiger partial charge in [-0.3, -0.25) is 4.90 Å². The SMILES string of the molecule is CCN(CCOC)CCOc1ccccc1. The molecule has 0 saturated carbocycles. The van der Waals surface area contributed by atoms with E-state index in [1.165, 1.54) is 0 Å². The van der Waals surface area contributed by atoms with Gasteiger partial charge in [0.1, 0.15) is 12.4 Å². The molecule has 0 aromatic heterocycles. The molecule has 1 aromatic rings. The molecule has 1 aromatic carbocycles. The van der Waals surface area contributed by atoms with Gasteiger partial charge in [0, 0.05) is 20.2 Å². The summed E-state index contributed by atoms with van der Waals surface area (Å²) in [5.41, 5.74) is 0. The number of methoxy groups -OCH3 is 1. The number of ether oxygens (including phenoxy) is 2. The van der Waals surface area contributed by atoms with Crippen LogP contribution in [0.3, 0.4) is 0 Å². The average Bonchev–Trinajstić information content (AvgIpc) is 2.35. The van der Waals surface area contributed by atoms with Gasteiger partial charge in [-0.15, -0.1) is 0 Å². The van der Waals surface area contributed by atoms with Crippen LogP contribution in [0.1, 0.15) is 6.92 Å². The van der Waals surface area contributed by atoms with Gasteiger partial charge >= 0.3 is 0 Å². The Hall–Kier alpha value is -1.06. The highest BCUT2D eigenvalue weighted by atomic mass is 16.5. The van der Waals surface area contributed by atoms with E-state index >= 15 is 0 Å². The van der Waals surface area contributed by atoms with Crippen molar-refractivity contribution in [3.8, 4) is 5.75 Å². The number of rotatable bonds is 8. The first-order valence-corrected chi connectivity index (χ1v) is 5.76. The van der Waals surface area contributed by atoms with Gasteiger partial charge < -0.3 is 9.47 Å². The quantitative estimate of drug-likeness (QED) is 0.673. The highest BCUT2D eigenvalue weighted by Gasteiger charge is 2.01. The molecule has 0 N–H and O–H groups in total. The molecule has 0 saturated heterocycles. The van der Waals surface area contributed by atoms with E-state index in [9.17, 15) is 0 Å². The van der Waals surface area contributed by atoms with E-state index in [-0.39, 0.29) is 0 Å². The van der Waals surface area contributed by atoms with Crippen molar-refractivity contribution in [3.63, 3.8) is 0 Å². The molecule has 1 rings (SSSR count). The topological polar surface area (TPSA) is 21.7 Å². The van der Waals surface area contributed by atoms with Gasteiger partial charge in [0.25, 0.3) is 0 Å². The summed E-state index contributed by atoms with van der Waals surface area (Å²) in [5.74, 6) is 0.935. The third kappa shape index (κ3) is 5.14. The molecule has 0 aliphatic heterocycles. The van der Waals surface area contributed by atoms with Crippen LogP contribution in [-0.2, 0) is 4.74 Å². The zero-order valence-electron chi connectivity index (χ0n) is 10.2. The number of likely N-dealkylation sites (N-methyl/N-ethyl adjacent to an activating group) is 1. The third-order valence-corrected chi connectivity index (χ3v) is 2.48. The van der Waals surface area contributed by atoms with Crippen LogP contribution in [0.15, 0.2) is 30.3 Å². The number of benzene rings is 1. The third-order valence-electron chi connectivity index (χ3n) is 2.48. The molecular weight excluding hydrogens is 202 g/mol. The first-order valence-electron chi connectivity index (χ1n) is 5.76. The number of hydrogen-bond donors (Lipinski definition) is 0. The predicted octanol–water partition coefficient (Wildman–Crippen LogP) is 2.03. The Morgan fingerprint density at radius 2 is 1.75 bits per heavy atom. The van der Waals surface area contributed by atoms with E-state index in [1.807, 2.05) is 30.3 Å². The second-order valence-corrected chi connectivity index (χ2v) is 3.59. The maximum absolute atomic E-state index is 5.64. The minimum Gasteiger partial charge on any atom is -0.492 e. The van der Waals surface area contributed by atoms with Crippen LogP contribution in [-0.4, -0.2) is 44.9 Å². The maximum atomic E-state index is 5.64. The Balaban J connectivity index is 2.18. The minimum absolute atomic E-state index is 0.724. The van der Waals surface area contributed by atoms with Gasteiger partial charge in [0.05, 0.1) is 6.61 Å². The largest absolute Gasteiger partial charge is 0.492 e. The van der Waals surface area contributed by atoms with Crippen molar-refractivity contribution in [2.45, 2.75) is 6.92 Å². The molecule has 0 radical (unpaired) electrons. The van der Waals surface area contributed by atoms with Gasteiger partial charge in [-0.05, 0) is 18.7 Å². The minimum atomic E-state index is 0.724. The summed E-state index contributed by atoms with van der Waals surface area (Å²) >= 11 is 0. The van der Waals surface area contributed by atoms with Gasteiger partial charge in [-0.1, -0.05) is 25.1 Å². The molecular formula is C13H21NO2. The van der Waals surface area contributed by atoms with Crippen LogP contribution in [0.25, 0.3) is 0 Å². The Kier molecular flexibility index (Phi) is 6.61. The first kappa shape index (κ1) is 13.0. The highest BCUT2D eigenvalue weighted by Crippen LogP contribution is 2.07. The lowest BCUT2D eigenvalue weighted by atomic mass is 10.3. The molecule has 0 bridgehead atoms. The van der Waals surface area contributed by atoms with Crippen LogP contribution in [0.4, 0.5) is 0 Å². The fourth-order valence-corrected chi connectivity index (χ4v) is 1.46. The Morgan fingerprint density at radius 1 is 1.06 bits per heavy atom. The molecule has 16 heavy (non-hydrogen) atoms. The van der Waals surface area contributed by atoms with Crippen molar-refractivity contribution < 1.29 is 9.47 Å². The van der Waals surface area contributed by atoms with Gasteiger partial charge in [0.2, 0.25) is 0 Å². The molecule has 0 unspecified atom stereocenters. The number of hydrogen-bond acceptors (Lipinski definition) is 3. The summed E-state index contributed by atoms with van der Waals surface area (Å²) in [4.78, 5) is 2.31. The monoisotopic (exact) mass is 223 g/mol. The molecule has 0 spiro atoms. The molecule has 0 fully saturated rings. The van der Waals surface area contributed by atoms with Crippen molar-refractivity contribution in [2.75, 3.05) is 40.0 Å². The average molecular weight is 223 g/mol. The summed E-state index contributed by atoms with van der Waals surface area (Å²) < 4.78 is 10.7. The highest BCUT2D eigenvalue weighted by molar-refractivity contribution is 5.20. The normalized spacial score (nSPS) is 10.7. The van der Waals surface area contributed by atoms with E-state index in [1.54, 1.807) is 7.11 Å². The molecule has 0 amide bonds. The summed E-state index contributed by atoms with van der Waals surface area (Å²) in [6.45, 7) is 6.58. The fourth-order valence-electron chi connectivity index (χ4n) is 1.46. The molecule has 3 nitrogen and oxygen atoms in total. The summed E-state index contributed by atoms with van der Waals surface area (Å²) in [6, 6.07) is 9.91. The Labute approximate surface area is 98.0 Å². The second kappa shape index (κ2) is 8.13. The second-order valence-electron chi connectivity index (χ2n) is 3.59. The van der Waals surface area contributed by atoms with Gasteiger partial charge in [-0.25, -0.2) is 0 Å². The van der Waals surface area contributed by atoms with Crippen molar-refractivity contribution in [2.24, 2.45) is 0 Å². The van der Waals surface area contributed by atoms with Crippen molar-refractivity contribution in [1.29, 1.82) is 0 Å². The lowest BCUT2D eigenvalue weighted by Crippen LogP contribution is -2.31. The Morgan fingerprint density at radius 3 is 2.38 bits per heavy atom. The molecule has 3 heteroatoms. The van der Waals surface area contributed by atoms with E-state index in [4.69, 9.17) is 9.47 Å². The van der Waals surface area contributed by atoms with E-state index in [2.05, 4.69) is 11.8 Å². The van der Waals surface area contributed by atoms with Crippen LogP contribution in [0.2, 0.25) is 0 Å². The molecule has 90 valence electrons. The molecule has 0 aliphatic rings. The standard InChI is InChI=1S/C13H21NO2/c1-3-14(9-11-15-2)10-12-16-13-7-5-4-6-8-13/h4-8H,3,9-12H2,1-2H3. The van der Waals surface area contributed by atoms with Crippen LogP contribution >= 0.6 is 0 Å². The summed E-state index contributed by atoms with van der Waals surface area (Å²) in [5, 5.41) is 0. The van der Waals surface area contributed by atoms with Gasteiger partial charge in [-0.2, -0.15) is 0 Å². The van der Waals surface area contributed by atoms with E-state index in [0.29, 0.717) is 0 Å². The smallest absolute Gasteiger partial charge is 0.119 e. The van der Waals surface area contributed by atoms with Crippen LogP contribution in [0, 0.1) is 0 Å². The predicted molar refractivity (Wildman–Crippen MR) is 65.9 cm³/mol. The lowest BCUT2D eigenvalue weighted by molar-refractivity contribution is 0.138. The lowest BCUT2D eigenvalue weighted by Gasteiger charge is -2.19.